The lowest BCUT2D eigenvalue weighted by atomic mass is 9.27. The summed E-state index contributed by atoms with van der Waals surface area (Å²) in [5.74, 6) is 3.41. The molecule has 1 nitrogen and oxygen atoms in total. The van der Waals surface area contributed by atoms with Gasteiger partial charge in [-0.3, -0.25) is 0 Å². The molecule has 6 unspecified atom stereocenters. The first-order valence-corrected chi connectivity index (χ1v) is 26.1. The lowest BCUT2D eigenvalue weighted by molar-refractivity contribution is -0.231. The maximum Gasteiger partial charge on any atom is 0.0543 e. The summed E-state index contributed by atoms with van der Waals surface area (Å²) in [6.45, 7) is 29.9. The largest absolute Gasteiger partial charge is 0.310 e. The summed E-state index contributed by atoms with van der Waals surface area (Å²) in [6, 6.07) is 38.4. The lowest BCUT2D eigenvalue weighted by Crippen LogP contribution is -2.73. The Bertz CT molecular complexity index is 2810. The summed E-state index contributed by atoms with van der Waals surface area (Å²) in [7, 11) is 0. The van der Waals surface area contributed by atoms with E-state index in [0.29, 0.717) is 5.41 Å². The molecule has 0 saturated heterocycles. The molecule has 2 spiro atoms. The van der Waals surface area contributed by atoms with E-state index in [-0.39, 0.29) is 37.9 Å². The summed E-state index contributed by atoms with van der Waals surface area (Å²) < 4.78 is 0. The molecule has 65 heavy (non-hydrogen) atoms. The summed E-state index contributed by atoms with van der Waals surface area (Å²) in [5.41, 5.74) is 23.7. The SMILES string of the molecule is CC1(C)CCC(C)(C)c2cc(-c3cc4c(cc3N(c3ccc5c(c3)C(C)(C)CCC5(C)C)c3ccc5c(c3)C(C)(C)CCC5(C)C)C3(c5ccccc5-4)C4CC5CC6CC3C64C5)ccc21. The topological polar surface area (TPSA) is 3.24 Å². The fourth-order valence-electron chi connectivity index (χ4n) is 17.4. The number of hydrogen-bond donors (Lipinski definition) is 0. The van der Waals surface area contributed by atoms with Gasteiger partial charge in [0.2, 0.25) is 0 Å². The third-order valence-corrected chi connectivity index (χ3v) is 21.3. The second kappa shape index (κ2) is 12.5. The molecule has 2 bridgehead atoms. The van der Waals surface area contributed by atoms with Crippen LogP contribution in [0.25, 0.3) is 22.3 Å². The number of nitrogens with zero attached hydrogens (tertiary/aromatic N) is 1. The van der Waals surface area contributed by atoms with Gasteiger partial charge in [-0.05, 0) is 223 Å². The molecular weight excluding hydrogens is 783 g/mol. The Kier molecular flexibility index (Phi) is 7.91. The van der Waals surface area contributed by atoms with Crippen molar-refractivity contribution in [3.63, 3.8) is 0 Å². The van der Waals surface area contributed by atoms with Crippen LogP contribution in [-0.4, -0.2) is 0 Å². The minimum atomic E-state index is 0.0978. The number of hydrogen-bond acceptors (Lipinski definition) is 1. The predicted molar refractivity (Wildman–Crippen MR) is 273 cm³/mol. The van der Waals surface area contributed by atoms with Crippen LogP contribution in [0.15, 0.2) is 91.0 Å². The molecule has 5 aromatic rings. The molecule has 0 aliphatic heterocycles. The minimum Gasteiger partial charge on any atom is -0.310 e. The molecule has 0 amide bonds. The van der Waals surface area contributed by atoms with E-state index >= 15 is 0 Å². The van der Waals surface area contributed by atoms with E-state index in [4.69, 9.17) is 0 Å². The van der Waals surface area contributed by atoms with Crippen molar-refractivity contribution < 1.29 is 0 Å². The van der Waals surface area contributed by atoms with Crippen molar-refractivity contribution in [3.8, 4) is 22.3 Å². The van der Waals surface area contributed by atoms with Crippen LogP contribution in [0.5, 0.6) is 0 Å². The Hall–Kier alpha value is -4.10. The molecule has 0 radical (unpaired) electrons. The second-order valence-electron chi connectivity index (χ2n) is 27.4. The first-order valence-electron chi connectivity index (χ1n) is 26.1. The maximum atomic E-state index is 2.81. The van der Waals surface area contributed by atoms with Crippen LogP contribution in [-0.2, 0) is 37.9 Å². The molecule has 4 saturated carbocycles. The zero-order chi connectivity index (χ0) is 45.2. The average molecular weight is 858 g/mol. The van der Waals surface area contributed by atoms with Crippen LogP contribution in [0.4, 0.5) is 17.1 Å². The number of benzene rings is 5. The molecule has 8 aliphatic rings. The summed E-state index contributed by atoms with van der Waals surface area (Å²) >= 11 is 0. The molecule has 6 atom stereocenters. The highest BCUT2D eigenvalue weighted by Gasteiger charge is 2.84. The monoisotopic (exact) mass is 858 g/mol. The Balaban J connectivity index is 1.12. The Labute approximate surface area is 392 Å². The quantitative estimate of drug-likeness (QED) is 0.174. The maximum absolute atomic E-state index is 2.81. The van der Waals surface area contributed by atoms with Gasteiger partial charge in [0.05, 0.1) is 5.69 Å². The highest BCUT2D eigenvalue weighted by molar-refractivity contribution is 5.96. The van der Waals surface area contributed by atoms with E-state index in [2.05, 4.69) is 179 Å². The van der Waals surface area contributed by atoms with Gasteiger partial charge < -0.3 is 4.90 Å². The molecule has 4 fully saturated rings. The molecule has 13 rings (SSSR count). The van der Waals surface area contributed by atoms with Crippen molar-refractivity contribution in [3.05, 3.63) is 136 Å². The predicted octanol–water partition coefficient (Wildman–Crippen LogP) is 17.2. The van der Waals surface area contributed by atoms with Gasteiger partial charge in [-0.2, -0.15) is 0 Å². The van der Waals surface area contributed by atoms with Crippen LogP contribution >= 0.6 is 0 Å². The highest BCUT2D eigenvalue weighted by Crippen LogP contribution is 2.89. The van der Waals surface area contributed by atoms with Crippen LogP contribution in [0.3, 0.4) is 0 Å². The summed E-state index contributed by atoms with van der Waals surface area (Å²) in [4.78, 5) is 2.77. The summed E-state index contributed by atoms with van der Waals surface area (Å²) in [5, 5.41) is 0. The van der Waals surface area contributed by atoms with Crippen LogP contribution in [0.1, 0.15) is 192 Å². The van der Waals surface area contributed by atoms with E-state index in [1.54, 1.807) is 16.7 Å². The van der Waals surface area contributed by atoms with Gasteiger partial charge in [0, 0.05) is 22.4 Å². The van der Waals surface area contributed by atoms with Gasteiger partial charge >= 0.3 is 0 Å². The molecule has 0 aromatic heterocycles. The number of anilines is 3. The first kappa shape index (κ1) is 41.1. The van der Waals surface area contributed by atoms with Crippen molar-refractivity contribution in [1.82, 2.24) is 0 Å². The van der Waals surface area contributed by atoms with Gasteiger partial charge in [-0.15, -0.1) is 0 Å². The average Bonchev–Trinajstić information content (AvgIpc) is 3.89. The Morgan fingerprint density at radius 2 is 0.892 bits per heavy atom. The van der Waals surface area contributed by atoms with E-state index in [0.717, 1.165) is 23.7 Å². The van der Waals surface area contributed by atoms with E-state index < -0.39 is 0 Å². The van der Waals surface area contributed by atoms with Crippen molar-refractivity contribution in [2.24, 2.45) is 29.1 Å². The normalized spacial score (nSPS) is 31.9. The van der Waals surface area contributed by atoms with Crippen molar-refractivity contribution in [2.75, 3.05) is 4.90 Å². The third-order valence-electron chi connectivity index (χ3n) is 21.3. The molecule has 0 N–H and O–H groups in total. The standard InChI is InChI=1S/C64H75N/c1-57(2)23-26-60(7,8)51-31-39(17-20-47(51)57)44-35-45-43-15-13-14-16-46(43)64(55-30-38-29-40-32-56(64)63(40,55)37-38)50(45)36-54(44)65(41-18-21-48-52(33-41)61(9,10)27-24-58(48,3)4)42-19-22-49-53(34-42)62(11,12)28-25-59(49,5)6/h13-22,31,33-36,38,40,55-56H,23-30,32,37H2,1-12H3. The number of rotatable bonds is 4. The van der Waals surface area contributed by atoms with Crippen LogP contribution in [0.2, 0.25) is 0 Å². The lowest BCUT2D eigenvalue weighted by Gasteiger charge is -2.76. The molecule has 336 valence electrons. The Morgan fingerprint density at radius 1 is 0.400 bits per heavy atom. The van der Waals surface area contributed by atoms with E-state index in [1.165, 1.54) is 131 Å². The molecule has 5 aromatic carbocycles. The van der Waals surface area contributed by atoms with Crippen molar-refractivity contribution in [2.45, 2.75) is 185 Å². The zero-order valence-corrected chi connectivity index (χ0v) is 42.0. The van der Waals surface area contributed by atoms with Crippen LogP contribution in [0, 0.1) is 29.1 Å². The van der Waals surface area contributed by atoms with Gasteiger partial charge in [0.15, 0.2) is 0 Å². The zero-order valence-electron chi connectivity index (χ0n) is 42.0. The van der Waals surface area contributed by atoms with Gasteiger partial charge in [-0.1, -0.05) is 138 Å². The smallest absolute Gasteiger partial charge is 0.0543 e. The van der Waals surface area contributed by atoms with Gasteiger partial charge in [0.1, 0.15) is 0 Å². The molecule has 8 aliphatic carbocycles. The van der Waals surface area contributed by atoms with E-state index in [1.807, 2.05) is 0 Å². The van der Waals surface area contributed by atoms with Crippen molar-refractivity contribution in [1.29, 1.82) is 0 Å². The second-order valence-corrected chi connectivity index (χ2v) is 27.4. The third kappa shape index (κ3) is 5.13. The number of fused-ring (bicyclic) bond motifs is 11. The molecule has 1 heteroatoms. The minimum absolute atomic E-state index is 0.0978. The fourth-order valence-corrected chi connectivity index (χ4v) is 17.4. The van der Waals surface area contributed by atoms with E-state index in [9.17, 15) is 0 Å². The molecular formula is C64H75N. The van der Waals surface area contributed by atoms with Gasteiger partial charge in [-0.25, -0.2) is 0 Å². The Morgan fingerprint density at radius 3 is 1.45 bits per heavy atom. The highest BCUT2D eigenvalue weighted by atomic mass is 15.1. The fraction of sp³-hybridized carbons (Fsp3) is 0.531. The molecule has 0 heterocycles. The van der Waals surface area contributed by atoms with Crippen molar-refractivity contribution >= 4 is 17.1 Å². The first-order chi connectivity index (χ1) is 30.6. The van der Waals surface area contributed by atoms with Crippen LogP contribution < -0.4 is 4.90 Å². The summed E-state index contributed by atoms with van der Waals surface area (Å²) in [6.07, 6.45) is 13.1. The van der Waals surface area contributed by atoms with Gasteiger partial charge in [0.25, 0.3) is 0 Å².